The molecule has 4 heteroatoms. The number of rotatable bonds is 4. The number of nitrogens with zero attached hydrogens (tertiary/aromatic N) is 1. The average Bonchev–Trinajstić information content (AvgIpc) is 2.37. The molecule has 0 atom stereocenters. The fourth-order valence-electron chi connectivity index (χ4n) is 1.87. The zero-order valence-corrected chi connectivity index (χ0v) is 11.9. The number of aromatic nitrogens is 1. The lowest BCUT2D eigenvalue weighted by Crippen LogP contribution is -2.24. The Bertz CT molecular complexity index is 450. The molecule has 0 saturated heterocycles. The molecule has 1 aromatic rings. The summed E-state index contributed by atoms with van der Waals surface area (Å²) in [6, 6.07) is 1.89. The quantitative estimate of drug-likeness (QED) is 0.847. The third kappa shape index (κ3) is 4.56. The van der Waals surface area contributed by atoms with Crippen molar-refractivity contribution in [3.8, 4) is 5.75 Å². The third-order valence-corrected chi connectivity index (χ3v) is 2.69. The maximum absolute atomic E-state index is 5.92. The maximum Gasteiger partial charge on any atom is 0.146 e. The van der Waals surface area contributed by atoms with Crippen LogP contribution in [0.1, 0.15) is 27.2 Å². The average molecular weight is 262 g/mol. The summed E-state index contributed by atoms with van der Waals surface area (Å²) in [4.78, 5) is 4.15. The highest BCUT2D eigenvalue weighted by atomic mass is 16.5. The smallest absolute Gasteiger partial charge is 0.146 e. The maximum atomic E-state index is 5.92. The van der Waals surface area contributed by atoms with Gasteiger partial charge in [0.15, 0.2) is 0 Å². The van der Waals surface area contributed by atoms with Crippen molar-refractivity contribution in [2.24, 2.45) is 0 Å². The molecule has 104 valence electrons. The Hall–Kier alpha value is -1.55. The van der Waals surface area contributed by atoms with Gasteiger partial charge in [-0.15, -0.1) is 0 Å². The molecule has 0 aliphatic carbocycles. The Balaban J connectivity index is 2.01. The van der Waals surface area contributed by atoms with E-state index in [1.165, 1.54) is 5.57 Å². The molecule has 1 N–H and O–H groups in total. The van der Waals surface area contributed by atoms with Gasteiger partial charge in [-0.2, -0.15) is 0 Å². The first-order chi connectivity index (χ1) is 9.04. The zero-order valence-electron chi connectivity index (χ0n) is 11.9. The standard InChI is InChI=1S/C15H22N2O2/c1-15(2,3)19-14-6-7-16-10-13(14)17-9-12-5-4-8-18-11-12/h5-7,10,17H,4,8-9,11H2,1-3H3. The summed E-state index contributed by atoms with van der Waals surface area (Å²) in [5.74, 6) is 0.833. The molecule has 2 heterocycles. The minimum atomic E-state index is -0.217. The predicted molar refractivity (Wildman–Crippen MR) is 76.6 cm³/mol. The molecule has 0 saturated carbocycles. The van der Waals surface area contributed by atoms with Gasteiger partial charge in [-0.25, -0.2) is 0 Å². The topological polar surface area (TPSA) is 43.4 Å². The first kappa shape index (κ1) is 13.9. The Kier molecular flexibility index (Phi) is 4.43. The zero-order chi connectivity index (χ0) is 13.7. The van der Waals surface area contributed by atoms with Gasteiger partial charge in [-0.3, -0.25) is 4.98 Å². The summed E-state index contributed by atoms with van der Waals surface area (Å²) in [7, 11) is 0. The van der Waals surface area contributed by atoms with Crippen molar-refractivity contribution in [3.63, 3.8) is 0 Å². The Morgan fingerprint density at radius 1 is 1.42 bits per heavy atom. The summed E-state index contributed by atoms with van der Waals surface area (Å²) in [5.41, 5.74) is 1.98. The van der Waals surface area contributed by atoms with Crippen LogP contribution in [0.3, 0.4) is 0 Å². The van der Waals surface area contributed by atoms with Crippen LogP contribution in [0.5, 0.6) is 5.75 Å². The first-order valence-electron chi connectivity index (χ1n) is 6.67. The van der Waals surface area contributed by atoms with Crippen LogP contribution in [-0.4, -0.2) is 30.3 Å². The Morgan fingerprint density at radius 3 is 2.95 bits per heavy atom. The van der Waals surface area contributed by atoms with Crippen LogP contribution in [0.15, 0.2) is 30.1 Å². The van der Waals surface area contributed by atoms with E-state index in [0.717, 1.165) is 31.0 Å². The number of nitrogens with one attached hydrogen (secondary N) is 1. The second-order valence-corrected chi connectivity index (χ2v) is 5.64. The molecule has 0 amide bonds. The van der Waals surface area contributed by atoms with Gasteiger partial charge >= 0.3 is 0 Å². The largest absolute Gasteiger partial charge is 0.486 e. The van der Waals surface area contributed by atoms with E-state index in [4.69, 9.17) is 9.47 Å². The van der Waals surface area contributed by atoms with E-state index in [0.29, 0.717) is 6.61 Å². The van der Waals surface area contributed by atoms with Gasteiger partial charge in [0.1, 0.15) is 11.4 Å². The molecular weight excluding hydrogens is 240 g/mol. The summed E-state index contributed by atoms with van der Waals surface area (Å²) in [6.07, 6.45) is 6.77. The molecule has 0 unspecified atom stereocenters. The van der Waals surface area contributed by atoms with E-state index >= 15 is 0 Å². The molecule has 1 aliphatic rings. The van der Waals surface area contributed by atoms with Crippen LogP contribution in [0.4, 0.5) is 5.69 Å². The lowest BCUT2D eigenvalue weighted by atomic mass is 10.2. The van der Waals surface area contributed by atoms with E-state index in [1.54, 1.807) is 12.4 Å². The van der Waals surface area contributed by atoms with Crippen LogP contribution >= 0.6 is 0 Å². The molecule has 2 rings (SSSR count). The molecule has 0 radical (unpaired) electrons. The molecule has 19 heavy (non-hydrogen) atoms. The second-order valence-electron chi connectivity index (χ2n) is 5.64. The van der Waals surface area contributed by atoms with Crippen molar-refractivity contribution >= 4 is 5.69 Å². The van der Waals surface area contributed by atoms with E-state index in [2.05, 4.69) is 16.4 Å². The van der Waals surface area contributed by atoms with Gasteiger partial charge in [0.2, 0.25) is 0 Å². The molecule has 0 bridgehead atoms. The number of hydrogen-bond acceptors (Lipinski definition) is 4. The van der Waals surface area contributed by atoms with Crippen LogP contribution in [0.2, 0.25) is 0 Å². The first-order valence-corrected chi connectivity index (χ1v) is 6.67. The van der Waals surface area contributed by atoms with Crippen molar-refractivity contribution in [2.75, 3.05) is 25.1 Å². The molecule has 0 aromatic carbocycles. The van der Waals surface area contributed by atoms with Gasteiger partial charge in [-0.05, 0) is 32.8 Å². The number of ether oxygens (including phenoxy) is 2. The summed E-state index contributed by atoms with van der Waals surface area (Å²) < 4.78 is 11.3. The van der Waals surface area contributed by atoms with Gasteiger partial charge in [0.25, 0.3) is 0 Å². The number of pyridine rings is 1. The minimum Gasteiger partial charge on any atom is -0.486 e. The Labute approximate surface area is 114 Å². The SMILES string of the molecule is CC(C)(C)Oc1ccncc1NCC1=CCCOC1. The van der Waals surface area contributed by atoms with Crippen molar-refractivity contribution in [3.05, 3.63) is 30.1 Å². The van der Waals surface area contributed by atoms with E-state index in [9.17, 15) is 0 Å². The van der Waals surface area contributed by atoms with Gasteiger partial charge in [-0.1, -0.05) is 6.08 Å². The normalized spacial score (nSPS) is 15.8. The predicted octanol–water partition coefficient (Wildman–Crippen LogP) is 3.02. The van der Waals surface area contributed by atoms with Crippen molar-refractivity contribution in [2.45, 2.75) is 32.8 Å². The molecule has 0 fully saturated rings. The van der Waals surface area contributed by atoms with Crippen molar-refractivity contribution in [1.82, 2.24) is 4.98 Å². The van der Waals surface area contributed by atoms with Crippen LogP contribution < -0.4 is 10.1 Å². The summed E-state index contributed by atoms with van der Waals surface area (Å²) in [6.45, 7) is 8.42. The lowest BCUT2D eigenvalue weighted by Gasteiger charge is -2.23. The fourth-order valence-corrected chi connectivity index (χ4v) is 1.87. The Morgan fingerprint density at radius 2 is 2.26 bits per heavy atom. The molecule has 0 spiro atoms. The van der Waals surface area contributed by atoms with Crippen molar-refractivity contribution in [1.29, 1.82) is 0 Å². The monoisotopic (exact) mass is 262 g/mol. The van der Waals surface area contributed by atoms with Crippen LogP contribution in [0, 0.1) is 0 Å². The highest BCUT2D eigenvalue weighted by molar-refractivity contribution is 5.55. The summed E-state index contributed by atoms with van der Waals surface area (Å²) in [5, 5.41) is 3.37. The fraction of sp³-hybridized carbons (Fsp3) is 0.533. The molecule has 1 aromatic heterocycles. The van der Waals surface area contributed by atoms with Gasteiger partial charge in [0, 0.05) is 18.8 Å². The third-order valence-electron chi connectivity index (χ3n) is 2.69. The molecule has 1 aliphatic heterocycles. The lowest BCUT2D eigenvalue weighted by molar-refractivity contribution is 0.131. The molecular formula is C15H22N2O2. The number of hydrogen-bond donors (Lipinski definition) is 1. The van der Waals surface area contributed by atoms with E-state index in [1.807, 2.05) is 26.8 Å². The van der Waals surface area contributed by atoms with Crippen LogP contribution in [-0.2, 0) is 4.74 Å². The highest BCUT2D eigenvalue weighted by Crippen LogP contribution is 2.26. The van der Waals surface area contributed by atoms with Crippen molar-refractivity contribution < 1.29 is 9.47 Å². The summed E-state index contributed by atoms with van der Waals surface area (Å²) >= 11 is 0. The van der Waals surface area contributed by atoms with E-state index in [-0.39, 0.29) is 5.60 Å². The minimum absolute atomic E-state index is 0.217. The number of anilines is 1. The molecule has 4 nitrogen and oxygen atoms in total. The van der Waals surface area contributed by atoms with Gasteiger partial charge in [0.05, 0.1) is 25.1 Å². The van der Waals surface area contributed by atoms with Crippen LogP contribution in [0.25, 0.3) is 0 Å². The highest BCUT2D eigenvalue weighted by Gasteiger charge is 2.14. The second kappa shape index (κ2) is 6.06. The van der Waals surface area contributed by atoms with E-state index < -0.39 is 0 Å². The van der Waals surface area contributed by atoms with Gasteiger partial charge < -0.3 is 14.8 Å².